The fourth-order valence-corrected chi connectivity index (χ4v) is 3.30. The van der Waals surface area contributed by atoms with Crippen LogP contribution < -0.4 is 10.1 Å². The van der Waals surface area contributed by atoms with Gasteiger partial charge in [0, 0.05) is 29.3 Å². The molecule has 0 aliphatic carbocycles. The van der Waals surface area contributed by atoms with Gasteiger partial charge in [-0.25, -0.2) is 4.39 Å². The van der Waals surface area contributed by atoms with Crippen LogP contribution in [0, 0.1) is 5.82 Å². The number of fused-ring (bicyclic) bond motifs is 1. The number of hydrogen-bond acceptors (Lipinski definition) is 3. The number of nitrogens with one attached hydrogen (secondary N) is 1. The Morgan fingerprint density at radius 3 is 2.79 bits per heavy atom. The standard InChI is InChI=1S/C23H19FN2O2/c1-2-15-6-8-16(9-7-15)23(27)26-14-19-12-17-11-18(24)13-20(22(17)28-19)21-5-3-4-10-25-21/h2-11,13,19H,1,12,14H2,(H,26,27). The minimum absolute atomic E-state index is 0.175. The van der Waals surface area contributed by atoms with Crippen LogP contribution in [0.15, 0.2) is 67.4 Å². The summed E-state index contributed by atoms with van der Waals surface area (Å²) >= 11 is 0. The van der Waals surface area contributed by atoms with Crippen LogP contribution in [0.1, 0.15) is 21.5 Å². The second-order valence-electron chi connectivity index (χ2n) is 6.64. The molecule has 1 aliphatic rings. The molecule has 140 valence electrons. The Morgan fingerprint density at radius 1 is 1.25 bits per heavy atom. The van der Waals surface area contributed by atoms with Crippen molar-refractivity contribution in [1.29, 1.82) is 0 Å². The minimum Gasteiger partial charge on any atom is -0.487 e. The van der Waals surface area contributed by atoms with Crippen LogP contribution in [0.25, 0.3) is 17.3 Å². The zero-order valence-electron chi connectivity index (χ0n) is 15.2. The first-order chi connectivity index (χ1) is 13.6. The molecule has 0 spiro atoms. The summed E-state index contributed by atoms with van der Waals surface area (Å²) in [7, 11) is 0. The highest BCUT2D eigenvalue weighted by molar-refractivity contribution is 5.94. The molecule has 1 N–H and O–H groups in total. The molecular formula is C23H19FN2O2. The lowest BCUT2D eigenvalue weighted by Gasteiger charge is -2.13. The second kappa shape index (κ2) is 7.64. The normalized spacial score (nSPS) is 14.8. The van der Waals surface area contributed by atoms with Gasteiger partial charge in [-0.2, -0.15) is 0 Å². The van der Waals surface area contributed by atoms with Gasteiger partial charge in [0.25, 0.3) is 5.91 Å². The van der Waals surface area contributed by atoms with E-state index >= 15 is 0 Å². The summed E-state index contributed by atoms with van der Waals surface area (Å²) in [4.78, 5) is 16.7. The van der Waals surface area contributed by atoms with E-state index in [1.165, 1.54) is 12.1 Å². The molecule has 1 atom stereocenters. The van der Waals surface area contributed by atoms with E-state index in [1.807, 2.05) is 30.3 Å². The second-order valence-corrected chi connectivity index (χ2v) is 6.64. The highest BCUT2D eigenvalue weighted by Gasteiger charge is 2.27. The Labute approximate surface area is 162 Å². The SMILES string of the molecule is C=Cc1ccc(C(=O)NCC2Cc3cc(F)cc(-c4ccccn4)c3O2)cc1. The van der Waals surface area contributed by atoms with Crippen molar-refractivity contribution in [2.45, 2.75) is 12.5 Å². The Balaban J connectivity index is 1.46. The summed E-state index contributed by atoms with van der Waals surface area (Å²) in [5.74, 6) is 0.135. The minimum atomic E-state index is -0.324. The van der Waals surface area contributed by atoms with Crippen molar-refractivity contribution in [2.75, 3.05) is 6.54 Å². The van der Waals surface area contributed by atoms with Crippen molar-refractivity contribution in [2.24, 2.45) is 0 Å². The Kier molecular flexibility index (Phi) is 4.89. The number of amides is 1. The van der Waals surface area contributed by atoms with Gasteiger partial charge in [-0.15, -0.1) is 0 Å². The van der Waals surface area contributed by atoms with Gasteiger partial charge in [-0.1, -0.05) is 30.9 Å². The number of carbonyl (C=O) groups is 1. The van der Waals surface area contributed by atoms with E-state index in [9.17, 15) is 9.18 Å². The van der Waals surface area contributed by atoms with Crippen molar-refractivity contribution in [3.63, 3.8) is 0 Å². The highest BCUT2D eigenvalue weighted by atomic mass is 19.1. The first-order valence-corrected chi connectivity index (χ1v) is 9.05. The predicted molar refractivity (Wildman–Crippen MR) is 107 cm³/mol. The van der Waals surface area contributed by atoms with Crippen molar-refractivity contribution < 1.29 is 13.9 Å². The smallest absolute Gasteiger partial charge is 0.251 e. The van der Waals surface area contributed by atoms with E-state index in [0.29, 0.717) is 35.5 Å². The van der Waals surface area contributed by atoms with E-state index in [4.69, 9.17) is 4.74 Å². The Hall–Kier alpha value is -3.47. The van der Waals surface area contributed by atoms with Crippen LogP contribution >= 0.6 is 0 Å². The molecule has 2 aromatic carbocycles. The maximum absolute atomic E-state index is 14.1. The number of aromatic nitrogens is 1. The third-order valence-electron chi connectivity index (χ3n) is 4.70. The first kappa shape index (κ1) is 17.9. The van der Waals surface area contributed by atoms with Gasteiger partial charge in [0.1, 0.15) is 17.7 Å². The van der Waals surface area contributed by atoms with Gasteiger partial charge >= 0.3 is 0 Å². The van der Waals surface area contributed by atoms with Gasteiger partial charge in [0.15, 0.2) is 0 Å². The molecule has 28 heavy (non-hydrogen) atoms. The fourth-order valence-electron chi connectivity index (χ4n) is 3.30. The summed E-state index contributed by atoms with van der Waals surface area (Å²) in [5, 5.41) is 2.89. The lowest BCUT2D eigenvalue weighted by atomic mass is 10.0. The Bertz CT molecular complexity index is 1020. The number of benzene rings is 2. The lowest BCUT2D eigenvalue weighted by molar-refractivity contribution is 0.0933. The average molecular weight is 374 g/mol. The first-order valence-electron chi connectivity index (χ1n) is 9.05. The van der Waals surface area contributed by atoms with Gasteiger partial charge in [-0.05, 0) is 42.0 Å². The topological polar surface area (TPSA) is 51.2 Å². The third kappa shape index (κ3) is 3.64. The molecule has 4 rings (SSSR count). The van der Waals surface area contributed by atoms with Crippen LogP contribution in [-0.2, 0) is 6.42 Å². The van der Waals surface area contributed by atoms with Crippen molar-refractivity contribution in [3.05, 3.63) is 89.9 Å². The highest BCUT2D eigenvalue weighted by Crippen LogP contribution is 2.38. The molecule has 0 radical (unpaired) electrons. The maximum Gasteiger partial charge on any atom is 0.251 e. The predicted octanol–water partition coefficient (Wildman–Crippen LogP) is 4.26. The van der Waals surface area contributed by atoms with Crippen molar-refractivity contribution in [1.82, 2.24) is 10.3 Å². The van der Waals surface area contributed by atoms with Crippen LogP contribution in [0.5, 0.6) is 5.75 Å². The van der Waals surface area contributed by atoms with E-state index in [1.54, 1.807) is 24.4 Å². The molecule has 0 saturated heterocycles. The molecule has 5 heteroatoms. The van der Waals surface area contributed by atoms with Crippen LogP contribution in [0.3, 0.4) is 0 Å². The molecule has 1 unspecified atom stereocenters. The van der Waals surface area contributed by atoms with Crippen LogP contribution in [0.4, 0.5) is 4.39 Å². The number of hydrogen-bond donors (Lipinski definition) is 1. The van der Waals surface area contributed by atoms with Crippen LogP contribution in [-0.4, -0.2) is 23.5 Å². The van der Waals surface area contributed by atoms with E-state index in [2.05, 4.69) is 16.9 Å². The number of pyridine rings is 1. The number of carbonyl (C=O) groups excluding carboxylic acids is 1. The third-order valence-corrected chi connectivity index (χ3v) is 4.70. The zero-order chi connectivity index (χ0) is 19.5. The van der Waals surface area contributed by atoms with Gasteiger partial charge in [0.05, 0.1) is 12.2 Å². The number of ether oxygens (including phenoxy) is 1. The molecular weight excluding hydrogens is 355 g/mol. The molecule has 0 bridgehead atoms. The lowest BCUT2D eigenvalue weighted by Crippen LogP contribution is -2.34. The number of halogens is 1. The quantitative estimate of drug-likeness (QED) is 0.726. The molecule has 1 aromatic heterocycles. The van der Waals surface area contributed by atoms with E-state index in [0.717, 1.165) is 11.1 Å². The van der Waals surface area contributed by atoms with E-state index in [-0.39, 0.29) is 17.8 Å². The maximum atomic E-state index is 14.1. The van der Waals surface area contributed by atoms with Crippen molar-refractivity contribution >= 4 is 12.0 Å². The summed E-state index contributed by atoms with van der Waals surface area (Å²) in [6, 6.07) is 15.6. The van der Waals surface area contributed by atoms with Gasteiger partial charge < -0.3 is 10.1 Å². The summed E-state index contributed by atoms with van der Waals surface area (Å²) in [5.41, 5.74) is 3.60. The van der Waals surface area contributed by atoms with Gasteiger partial charge in [-0.3, -0.25) is 9.78 Å². The molecule has 4 nitrogen and oxygen atoms in total. The van der Waals surface area contributed by atoms with Crippen molar-refractivity contribution in [3.8, 4) is 17.0 Å². The monoisotopic (exact) mass is 374 g/mol. The Morgan fingerprint density at radius 2 is 2.07 bits per heavy atom. The fraction of sp³-hybridized carbons (Fsp3) is 0.130. The molecule has 3 aromatic rings. The van der Waals surface area contributed by atoms with Crippen LogP contribution in [0.2, 0.25) is 0 Å². The van der Waals surface area contributed by atoms with E-state index < -0.39 is 0 Å². The molecule has 1 aliphatic heterocycles. The largest absolute Gasteiger partial charge is 0.487 e. The molecule has 1 amide bonds. The summed E-state index contributed by atoms with van der Waals surface area (Å²) in [6.45, 7) is 4.03. The molecule has 0 fully saturated rings. The molecule has 0 saturated carbocycles. The zero-order valence-corrected chi connectivity index (χ0v) is 15.2. The van der Waals surface area contributed by atoms with Gasteiger partial charge in [0.2, 0.25) is 0 Å². The number of rotatable bonds is 5. The summed E-state index contributed by atoms with van der Waals surface area (Å²) in [6.07, 6.45) is 3.67. The molecule has 2 heterocycles. The average Bonchev–Trinajstić information content (AvgIpc) is 3.14. The summed E-state index contributed by atoms with van der Waals surface area (Å²) < 4.78 is 20.1. The number of nitrogens with zero attached hydrogens (tertiary/aromatic N) is 1.